The van der Waals surface area contributed by atoms with Gasteiger partial charge < -0.3 is 0 Å². The lowest BCUT2D eigenvalue weighted by atomic mass is 10.1. The highest BCUT2D eigenvalue weighted by atomic mass is 32.1. The molecule has 132 valence electrons. The van der Waals surface area contributed by atoms with Crippen LogP contribution in [0.2, 0.25) is 0 Å². The highest BCUT2D eigenvalue weighted by Gasteiger charge is 2.38. The van der Waals surface area contributed by atoms with Crippen molar-refractivity contribution in [3.05, 3.63) is 34.0 Å². The van der Waals surface area contributed by atoms with Gasteiger partial charge in [-0.05, 0) is 23.9 Å². The first-order valence-electron chi connectivity index (χ1n) is 7.85. The summed E-state index contributed by atoms with van der Waals surface area (Å²) in [6.07, 6.45) is -3.67. The van der Waals surface area contributed by atoms with E-state index < -0.39 is 11.7 Å². The van der Waals surface area contributed by atoms with Gasteiger partial charge in [-0.25, -0.2) is 9.99 Å². The SMILES string of the molecule is FC(F)(F)c1cc(-c2cccs2)nc2sc3c(c12)N=NN1CCCN=C31. The number of nitrogens with zero attached hydrogens (tertiary/aromatic N) is 5. The topological polar surface area (TPSA) is 53.2 Å². The fourth-order valence-corrected chi connectivity index (χ4v) is 4.90. The van der Waals surface area contributed by atoms with Gasteiger partial charge in [0.25, 0.3) is 0 Å². The van der Waals surface area contributed by atoms with Crippen LogP contribution in [-0.2, 0) is 6.18 Å². The van der Waals surface area contributed by atoms with Crippen molar-refractivity contribution in [3.8, 4) is 10.6 Å². The normalized spacial score (nSPS) is 16.6. The van der Waals surface area contributed by atoms with Crippen LogP contribution in [0.15, 0.2) is 38.9 Å². The second-order valence-electron chi connectivity index (χ2n) is 5.86. The third-order valence-electron chi connectivity index (χ3n) is 4.21. The molecule has 3 aromatic heterocycles. The minimum atomic E-state index is -4.51. The Morgan fingerprint density at radius 3 is 2.88 bits per heavy atom. The van der Waals surface area contributed by atoms with Gasteiger partial charge in [0, 0.05) is 13.1 Å². The van der Waals surface area contributed by atoms with Gasteiger partial charge >= 0.3 is 6.18 Å². The molecule has 0 amide bonds. The maximum Gasteiger partial charge on any atom is 0.417 e. The zero-order valence-electron chi connectivity index (χ0n) is 13.1. The minimum absolute atomic E-state index is 0.00878. The molecule has 0 fully saturated rings. The second-order valence-corrected chi connectivity index (χ2v) is 7.81. The number of halogens is 3. The van der Waals surface area contributed by atoms with Crippen LogP contribution >= 0.6 is 22.7 Å². The van der Waals surface area contributed by atoms with Crippen LogP contribution in [0.5, 0.6) is 0 Å². The van der Waals surface area contributed by atoms with Crippen molar-refractivity contribution in [1.29, 1.82) is 0 Å². The number of rotatable bonds is 1. The van der Waals surface area contributed by atoms with Gasteiger partial charge in [0.15, 0.2) is 5.84 Å². The van der Waals surface area contributed by atoms with Crippen molar-refractivity contribution in [2.75, 3.05) is 13.1 Å². The van der Waals surface area contributed by atoms with Crippen LogP contribution in [0.25, 0.3) is 20.8 Å². The second kappa shape index (κ2) is 5.58. The number of thiophene rings is 2. The Bertz CT molecular complexity index is 1070. The molecule has 2 aliphatic heterocycles. The van der Waals surface area contributed by atoms with E-state index >= 15 is 0 Å². The van der Waals surface area contributed by atoms with Gasteiger partial charge in [-0.3, -0.25) is 4.99 Å². The van der Waals surface area contributed by atoms with Crippen LogP contribution in [-0.4, -0.2) is 28.9 Å². The molecule has 26 heavy (non-hydrogen) atoms. The Morgan fingerprint density at radius 2 is 2.12 bits per heavy atom. The number of hydrogen-bond acceptors (Lipinski definition) is 7. The molecule has 0 saturated carbocycles. The molecule has 0 N–H and O–H groups in total. The van der Waals surface area contributed by atoms with Crippen molar-refractivity contribution in [3.63, 3.8) is 0 Å². The number of amidine groups is 1. The highest BCUT2D eigenvalue weighted by Crippen LogP contribution is 2.48. The summed E-state index contributed by atoms with van der Waals surface area (Å²) in [5.41, 5.74) is -0.190. The molecule has 2 aliphatic rings. The summed E-state index contributed by atoms with van der Waals surface area (Å²) < 4.78 is 41.4. The van der Waals surface area contributed by atoms with Crippen molar-refractivity contribution < 1.29 is 13.2 Å². The lowest BCUT2D eigenvalue weighted by Gasteiger charge is -2.25. The van der Waals surface area contributed by atoms with Crippen molar-refractivity contribution in [2.45, 2.75) is 12.6 Å². The summed E-state index contributed by atoms with van der Waals surface area (Å²) in [4.78, 5) is 10.5. The third-order valence-corrected chi connectivity index (χ3v) is 6.17. The van der Waals surface area contributed by atoms with Gasteiger partial charge in [0.05, 0.1) is 21.5 Å². The molecule has 5 rings (SSSR count). The molecule has 0 aromatic carbocycles. The van der Waals surface area contributed by atoms with E-state index in [4.69, 9.17) is 0 Å². The Kier molecular flexibility index (Phi) is 3.41. The molecule has 5 heterocycles. The van der Waals surface area contributed by atoms with E-state index in [1.165, 1.54) is 22.7 Å². The van der Waals surface area contributed by atoms with Gasteiger partial charge in [-0.1, -0.05) is 11.3 Å². The van der Waals surface area contributed by atoms with Crippen LogP contribution in [0.3, 0.4) is 0 Å². The summed E-state index contributed by atoms with van der Waals surface area (Å²) in [6.45, 7) is 1.30. The van der Waals surface area contributed by atoms with Crippen LogP contribution in [0.4, 0.5) is 18.9 Å². The summed E-state index contributed by atoms with van der Waals surface area (Å²) in [6, 6.07) is 4.66. The van der Waals surface area contributed by atoms with E-state index in [1.807, 2.05) is 5.38 Å². The molecule has 0 saturated heterocycles. The zero-order chi connectivity index (χ0) is 17.9. The molecule has 3 aromatic rings. The molecule has 0 aliphatic carbocycles. The van der Waals surface area contributed by atoms with Gasteiger partial charge in [-0.15, -0.1) is 27.8 Å². The minimum Gasteiger partial charge on any atom is -0.266 e. The Labute approximate surface area is 153 Å². The van der Waals surface area contributed by atoms with Crippen molar-refractivity contribution in [2.24, 2.45) is 15.3 Å². The maximum absolute atomic E-state index is 13.8. The van der Waals surface area contributed by atoms with Crippen LogP contribution in [0.1, 0.15) is 16.9 Å². The number of fused-ring (bicyclic) bond motifs is 5. The molecule has 0 radical (unpaired) electrons. The van der Waals surface area contributed by atoms with E-state index in [2.05, 4.69) is 20.3 Å². The highest BCUT2D eigenvalue weighted by molar-refractivity contribution is 7.21. The number of aliphatic imine (C=N–C) groups is 1. The Hall–Kier alpha value is -2.33. The quantitative estimate of drug-likeness (QED) is 0.547. The van der Waals surface area contributed by atoms with Gasteiger partial charge in [0.1, 0.15) is 15.4 Å². The fourth-order valence-electron chi connectivity index (χ4n) is 3.07. The average molecular weight is 393 g/mol. The zero-order valence-corrected chi connectivity index (χ0v) is 14.8. The van der Waals surface area contributed by atoms with E-state index in [0.29, 0.717) is 39.2 Å². The third kappa shape index (κ3) is 2.36. The molecule has 0 bridgehead atoms. The monoisotopic (exact) mass is 393 g/mol. The summed E-state index contributed by atoms with van der Waals surface area (Å²) in [5, 5.41) is 11.6. The molecule has 0 spiro atoms. The van der Waals surface area contributed by atoms with E-state index in [0.717, 1.165) is 12.5 Å². The summed E-state index contributed by atoms with van der Waals surface area (Å²) in [7, 11) is 0. The standard InChI is InChI=1S/C16H10F3N5S2/c17-16(18,19)8-7-9(10-3-1-6-25-10)21-15-11(8)12-13(26-15)14-20-4-2-5-24(14)23-22-12/h1,3,6-7H,2,4-5H2. The molecule has 0 unspecified atom stereocenters. The number of hydrogen-bond donors (Lipinski definition) is 0. The van der Waals surface area contributed by atoms with Gasteiger partial charge in [0.2, 0.25) is 0 Å². The fraction of sp³-hybridized carbons (Fsp3) is 0.250. The maximum atomic E-state index is 13.8. The number of pyridine rings is 1. The molecule has 0 atom stereocenters. The first-order chi connectivity index (χ1) is 12.5. The van der Waals surface area contributed by atoms with E-state index in [-0.39, 0.29) is 11.1 Å². The predicted molar refractivity (Wildman–Crippen MR) is 95.2 cm³/mol. The molecule has 5 nitrogen and oxygen atoms in total. The first-order valence-corrected chi connectivity index (χ1v) is 9.54. The average Bonchev–Trinajstić information content (AvgIpc) is 3.27. The van der Waals surface area contributed by atoms with Crippen molar-refractivity contribution >= 4 is 44.4 Å². The van der Waals surface area contributed by atoms with Crippen molar-refractivity contribution in [1.82, 2.24) is 9.99 Å². The Balaban J connectivity index is 1.82. The van der Waals surface area contributed by atoms with E-state index in [1.54, 1.807) is 17.1 Å². The molecular formula is C16H10F3N5S2. The summed E-state index contributed by atoms with van der Waals surface area (Å²) >= 11 is 2.55. The molecular weight excluding hydrogens is 383 g/mol. The first kappa shape index (κ1) is 15.9. The van der Waals surface area contributed by atoms with Crippen LogP contribution < -0.4 is 0 Å². The predicted octanol–water partition coefficient (Wildman–Crippen LogP) is 5.51. The number of alkyl halides is 3. The molecule has 10 heteroatoms. The summed E-state index contributed by atoms with van der Waals surface area (Å²) in [5.74, 6) is 0.593. The smallest absolute Gasteiger partial charge is 0.266 e. The van der Waals surface area contributed by atoms with E-state index in [9.17, 15) is 13.2 Å². The lowest BCUT2D eigenvalue weighted by Crippen LogP contribution is -2.32. The number of aromatic nitrogens is 1. The lowest BCUT2D eigenvalue weighted by molar-refractivity contribution is -0.136. The largest absolute Gasteiger partial charge is 0.417 e. The van der Waals surface area contributed by atoms with Crippen LogP contribution in [0, 0.1) is 0 Å². The van der Waals surface area contributed by atoms with Gasteiger partial charge in [-0.2, -0.15) is 13.2 Å². The Morgan fingerprint density at radius 1 is 1.23 bits per heavy atom.